The lowest BCUT2D eigenvalue weighted by Crippen LogP contribution is -2.19. The Morgan fingerprint density at radius 1 is 0.643 bits per heavy atom. The van der Waals surface area contributed by atoms with Gasteiger partial charge in [-0.05, 0) is 66.8 Å². The SMILES string of the molecule is COC(=O)CC(C(=O)OC)c1ccc2[nH]c(C)c(C(=O)OCc3ccccc3)c2c1.Cc1[nH]c2ccc(C(CO)CCO)cc2c1C(=O)OCc1ccccc1. The molecule has 0 aliphatic rings. The summed E-state index contributed by atoms with van der Waals surface area (Å²) in [6.07, 6.45) is 0.311. The number of benzene rings is 4. The van der Waals surface area contributed by atoms with Crippen LogP contribution in [0.1, 0.15) is 79.0 Å². The monoisotopic (exact) mass is 762 g/mol. The minimum Gasteiger partial charge on any atom is -0.469 e. The van der Waals surface area contributed by atoms with Crippen LogP contribution < -0.4 is 0 Å². The van der Waals surface area contributed by atoms with Crippen LogP contribution >= 0.6 is 0 Å². The van der Waals surface area contributed by atoms with E-state index in [1.54, 1.807) is 25.1 Å². The molecule has 0 spiro atoms. The molecule has 12 nitrogen and oxygen atoms in total. The number of aryl methyl sites for hydroxylation is 2. The van der Waals surface area contributed by atoms with Crippen molar-refractivity contribution in [3.63, 3.8) is 0 Å². The minimum atomic E-state index is -0.838. The number of rotatable bonds is 14. The Morgan fingerprint density at radius 2 is 1.12 bits per heavy atom. The van der Waals surface area contributed by atoms with Gasteiger partial charge in [0, 0.05) is 45.7 Å². The Morgan fingerprint density at radius 3 is 1.57 bits per heavy atom. The molecule has 12 heteroatoms. The predicted molar refractivity (Wildman–Crippen MR) is 210 cm³/mol. The molecule has 292 valence electrons. The summed E-state index contributed by atoms with van der Waals surface area (Å²) in [4.78, 5) is 55.9. The molecule has 56 heavy (non-hydrogen) atoms. The molecule has 0 radical (unpaired) electrons. The normalized spacial score (nSPS) is 12.0. The summed E-state index contributed by atoms with van der Waals surface area (Å²) in [5.74, 6) is -2.93. The molecule has 2 unspecified atom stereocenters. The molecule has 4 N–H and O–H groups in total. The molecule has 6 rings (SSSR count). The van der Waals surface area contributed by atoms with Crippen molar-refractivity contribution in [1.29, 1.82) is 0 Å². The number of H-pyrrole nitrogens is 2. The third-order valence-corrected chi connectivity index (χ3v) is 9.51. The second-order valence-corrected chi connectivity index (χ2v) is 13.2. The van der Waals surface area contributed by atoms with E-state index in [1.807, 2.05) is 85.8 Å². The van der Waals surface area contributed by atoms with E-state index in [9.17, 15) is 29.4 Å². The summed E-state index contributed by atoms with van der Waals surface area (Å²) >= 11 is 0. The number of aromatic nitrogens is 2. The van der Waals surface area contributed by atoms with Crippen LogP contribution in [-0.4, -0.2) is 71.5 Å². The van der Waals surface area contributed by atoms with E-state index in [0.29, 0.717) is 34.2 Å². The zero-order valence-corrected chi connectivity index (χ0v) is 31.8. The Hall–Kier alpha value is -6.24. The molecule has 0 saturated heterocycles. The van der Waals surface area contributed by atoms with Crippen molar-refractivity contribution >= 4 is 45.7 Å². The first kappa shape index (κ1) is 40.9. The third-order valence-electron chi connectivity index (χ3n) is 9.51. The number of hydrogen-bond acceptors (Lipinski definition) is 10. The number of aromatic amines is 2. The number of methoxy groups -OCH3 is 2. The summed E-state index contributed by atoms with van der Waals surface area (Å²) in [5.41, 5.74) is 7.14. The van der Waals surface area contributed by atoms with Crippen LogP contribution in [-0.2, 0) is 41.8 Å². The molecule has 4 aromatic carbocycles. The lowest BCUT2D eigenvalue weighted by molar-refractivity contribution is -0.149. The fourth-order valence-electron chi connectivity index (χ4n) is 6.52. The van der Waals surface area contributed by atoms with E-state index in [1.165, 1.54) is 14.2 Å². The van der Waals surface area contributed by atoms with Gasteiger partial charge in [0.2, 0.25) is 0 Å². The van der Waals surface area contributed by atoms with E-state index in [2.05, 4.69) is 9.97 Å². The van der Waals surface area contributed by atoms with Gasteiger partial charge < -0.3 is 39.1 Å². The van der Waals surface area contributed by atoms with Gasteiger partial charge in [0.25, 0.3) is 0 Å². The zero-order valence-electron chi connectivity index (χ0n) is 31.8. The van der Waals surface area contributed by atoms with Crippen molar-refractivity contribution in [3.05, 3.63) is 142 Å². The quantitative estimate of drug-likeness (QED) is 0.0671. The molecular weight excluding hydrogens is 716 g/mol. The first-order valence-corrected chi connectivity index (χ1v) is 18.1. The maximum absolute atomic E-state index is 12.8. The summed E-state index contributed by atoms with van der Waals surface area (Å²) in [6, 6.07) is 29.8. The summed E-state index contributed by atoms with van der Waals surface area (Å²) in [6.45, 7) is 3.94. The third kappa shape index (κ3) is 9.89. The van der Waals surface area contributed by atoms with Crippen molar-refractivity contribution in [2.75, 3.05) is 27.4 Å². The first-order valence-electron chi connectivity index (χ1n) is 18.1. The number of fused-ring (bicyclic) bond motifs is 2. The van der Waals surface area contributed by atoms with Gasteiger partial charge in [-0.25, -0.2) is 9.59 Å². The van der Waals surface area contributed by atoms with Crippen molar-refractivity contribution < 1.29 is 48.3 Å². The largest absolute Gasteiger partial charge is 0.469 e. The van der Waals surface area contributed by atoms with Gasteiger partial charge in [-0.1, -0.05) is 72.8 Å². The van der Waals surface area contributed by atoms with E-state index in [0.717, 1.165) is 38.8 Å². The number of aliphatic hydroxyl groups is 2. The van der Waals surface area contributed by atoms with Gasteiger partial charge in [-0.3, -0.25) is 9.59 Å². The molecule has 6 aromatic rings. The first-order chi connectivity index (χ1) is 27.1. The maximum atomic E-state index is 12.8. The molecule has 0 saturated carbocycles. The van der Waals surface area contributed by atoms with E-state index >= 15 is 0 Å². The fourth-order valence-corrected chi connectivity index (χ4v) is 6.52. The summed E-state index contributed by atoms with van der Waals surface area (Å²) in [5, 5.41) is 20.1. The minimum absolute atomic E-state index is 0.00139. The number of nitrogens with one attached hydrogen (secondary N) is 2. The number of carbonyl (C=O) groups excluding carboxylic acids is 4. The number of carbonyl (C=O) groups is 4. The molecule has 2 aromatic heterocycles. The van der Waals surface area contributed by atoms with Crippen LogP contribution in [0.25, 0.3) is 21.8 Å². The predicted octanol–water partition coefficient (Wildman–Crippen LogP) is 6.94. The van der Waals surface area contributed by atoms with Gasteiger partial charge in [0.15, 0.2) is 0 Å². The van der Waals surface area contributed by atoms with Gasteiger partial charge in [-0.15, -0.1) is 0 Å². The topological polar surface area (TPSA) is 177 Å². The van der Waals surface area contributed by atoms with Gasteiger partial charge in [0.05, 0.1) is 44.3 Å². The van der Waals surface area contributed by atoms with Crippen molar-refractivity contribution in [1.82, 2.24) is 9.97 Å². The van der Waals surface area contributed by atoms with Crippen molar-refractivity contribution in [2.24, 2.45) is 0 Å². The Kier molecular flexibility index (Phi) is 14.2. The molecule has 2 atom stereocenters. The van der Waals surface area contributed by atoms with E-state index in [4.69, 9.17) is 18.9 Å². The van der Waals surface area contributed by atoms with Gasteiger partial charge in [-0.2, -0.15) is 0 Å². The lowest BCUT2D eigenvalue weighted by atomic mass is 9.94. The van der Waals surface area contributed by atoms with Crippen LogP contribution in [0.5, 0.6) is 0 Å². The smallest absolute Gasteiger partial charge is 0.340 e. The average Bonchev–Trinajstić information content (AvgIpc) is 3.74. The molecular formula is C44H46N2O10. The number of esters is 4. The molecule has 0 fully saturated rings. The highest BCUT2D eigenvalue weighted by atomic mass is 16.5. The molecule has 0 bridgehead atoms. The van der Waals surface area contributed by atoms with Gasteiger partial charge >= 0.3 is 23.9 Å². The fraction of sp³-hybridized carbons (Fsp3) is 0.273. The highest BCUT2D eigenvalue weighted by molar-refractivity contribution is 6.06. The second-order valence-electron chi connectivity index (χ2n) is 13.2. The summed E-state index contributed by atoms with van der Waals surface area (Å²) < 4.78 is 20.5. The van der Waals surface area contributed by atoms with Crippen molar-refractivity contribution in [3.8, 4) is 0 Å². The number of aliphatic hydroxyl groups excluding tert-OH is 2. The van der Waals surface area contributed by atoms with Crippen LogP contribution in [0.3, 0.4) is 0 Å². The van der Waals surface area contributed by atoms with Crippen LogP contribution in [0.4, 0.5) is 0 Å². The highest BCUT2D eigenvalue weighted by Gasteiger charge is 2.27. The molecule has 0 aliphatic heterocycles. The second kappa shape index (κ2) is 19.4. The molecule has 0 aliphatic carbocycles. The summed E-state index contributed by atoms with van der Waals surface area (Å²) in [7, 11) is 2.52. The zero-order chi connectivity index (χ0) is 40.2. The van der Waals surface area contributed by atoms with Crippen LogP contribution in [0.2, 0.25) is 0 Å². The van der Waals surface area contributed by atoms with Crippen LogP contribution in [0.15, 0.2) is 97.1 Å². The Labute approximate surface area is 324 Å². The van der Waals surface area contributed by atoms with Crippen molar-refractivity contribution in [2.45, 2.75) is 51.7 Å². The Balaban J connectivity index is 0.000000216. The standard InChI is InChI=1S/C23H23NO6.C21H23NO4/c1-14-21(23(27)30-13-15-7-5-4-6-8-15)18-11-16(9-10-19(18)24-14)17(22(26)29-3)12-20(25)28-2;1-14-20(21(25)26-13-15-5-3-2-4-6-15)18-11-16(7-8-19(18)22-14)17(12-24)9-10-23/h4-11,17,24H,12-13H2,1-3H3;2-8,11,17,22-24H,9-10,12-13H2,1H3. The van der Waals surface area contributed by atoms with Gasteiger partial charge in [0.1, 0.15) is 13.2 Å². The number of ether oxygens (including phenoxy) is 4. The highest BCUT2D eigenvalue weighted by Crippen LogP contribution is 2.31. The van der Waals surface area contributed by atoms with E-state index < -0.39 is 23.8 Å². The van der Waals surface area contributed by atoms with E-state index in [-0.39, 0.29) is 44.7 Å². The molecule has 0 amide bonds. The average molecular weight is 763 g/mol. The number of hydrogen-bond donors (Lipinski definition) is 4. The lowest BCUT2D eigenvalue weighted by Gasteiger charge is -2.14. The molecule has 2 heterocycles. The maximum Gasteiger partial charge on any atom is 0.340 e. The Bertz CT molecular complexity index is 2280. The van der Waals surface area contributed by atoms with Crippen LogP contribution in [0, 0.1) is 13.8 Å².